The highest BCUT2D eigenvalue weighted by atomic mass is 19.4. The summed E-state index contributed by atoms with van der Waals surface area (Å²) in [5.41, 5.74) is 0.515. The van der Waals surface area contributed by atoms with Crippen LogP contribution in [0.2, 0.25) is 0 Å². The Labute approximate surface area is 68.8 Å². The van der Waals surface area contributed by atoms with Gasteiger partial charge in [0.05, 0.1) is 5.69 Å². The molecule has 0 bridgehead atoms. The predicted octanol–water partition coefficient (Wildman–Crippen LogP) is 0.548. The molecule has 0 aromatic carbocycles. The van der Waals surface area contributed by atoms with Gasteiger partial charge in [-0.05, 0) is 18.6 Å². The third-order valence-corrected chi connectivity index (χ3v) is 1.26. The topological polar surface area (TPSA) is 17.8 Å². The lowest BCUT2D eigenvalue weighted by Gasteiger charge is -2.07. The van der Waals surface area contributed by atoms with Gasteiger partial charge in [0.1, 0.15) is 14.4 Å². The molecule has 0 aliphatic heterocycles. The minimum Gasteiger partial charge on any atom is -0.271 e. The zero-order valence-corrected chi connectivity index (χ0v) is 6.39. The van der Waals surface area contributed by atoms with E-state index in [-0.39, 0.29) is 5.59 Å². The lowest BCUT2D eigenvalue weighted by atomic mass is 10.0. The number of nitrogens with zero attached hydrogens (tertiary/aromatic N) is 2. The Morgan fingerprint density at radius 1 is 1.58 bits per heavy atom. The summed E-state index contributed by atoms with van der Waals surface area (Å²) in [5.74, 6) is 0. The fourth-order valence-corrected chi connectivity index (χ4v) is 0.862. The third-order valence-electron chi connectivity index (χ3n) is 1.26. The van der Waals surface area contributed by atoms with Crippen LogP contribution in [0.5, 0.6) is 0 Å². The van der Waals surface area contributed by atoms with Crippen LogP contribution in [0.25, 0.3) is 0 Å². The van der Waals surface area contributed by atoms with E-state index in [0.29, 0.717) is 5.69 Å². The number of hydrogen-bond acceptors (Lipinski definition) is 1. The molecule has 0 amide bonds. The molecule has 0 N–H and O–H groups in total. The molecule has 0 atom stereocenters. The standard InChI is InChI=1S/C6H6BF3N2/c1-4-2-5(7)12(11-4)3-6(8,9)10/h2H,3H2,1H3. The zero-order valence-electron chi connectivity index (χ0n) is 6.39. The largest absolute Gasteiger partial charge is 0.407 e. The number of aryl methyl sites for hydroxylation is 1. The van der Waals surface area contributed by atoms with Gasteiger partial charge in [0, 0.05) is 0 Å². The second kappa shape index (κ2) is 2.84. The van der Waals surface area contributed by atoms with Gasteiger partial charge < -0.3 is 0 Å². The van der Waals surface area contributed by atoms with Crippen LogP contribution < -0.4 is 5.59 Å². The molecule has 0 spiro atoms. The Morgan fingerprint density at radius 3 is 2.50 bits per heavy atom. The average Bonchev–Trinajstić information content (AvgIpc) is 2.06. The van der Waals surface area contributed by atoms with Crippen molar-refractivity contribution in [3.05, 3.63) is 11.8 Å². The molecule has 0 aliphatic carbocycles. The van der Waals surface area contributed by atoms with Crippen molar-refractivity contribution < 1.29 is 13.2 Å². The van der Waals surface area contributed by atoms with Crippen molar-refractivity contribution >= 4 is 13.4 Å². The minimum atomic E-state index is -4.27. The number of halogens is 3. The Balaban J connectivity index is 2.82. The predicted molar refractivity (Wildman–Crippen MR) is 38.4 cm³/mol. The van der Waals surface area contributed by atoms with Crippen molar-refractivity contribution in [3.8, 4) is 0 Å². The highest BCUT2D eigenvalue weighted by Gasteiger charge is 2.28. The number of rotatable bonds is 1. The van der Waals surface area contributed by atoms with E-state index >= 15 is 0 Å². The summed E-state index contributed by atoms with van der Waals surface area (Å²) in [6.07, 6.45) is -4.27. The van der Waals surface area contributed by atoms with Crippen molar-refractivity contribution in [2.75, 3.05) is 0 Å². The van der Waals surface area contributed by atoms with Gasteiger partial charge >= 0.3 is 6.18 Å². The van der Waals surface area contributed by atoms with Crippen LogP contribution in [-0.2, 0) is 6.54 Å². The fraction of sp³-hybridized carbons (Fsp3) is 0.500. The molecule has 6 heteroatoms. The van der Waals surface area contributed by atoms with Gasteiger partial charge in [0.25, 0.3) is 0 Å². The molecule has 1 aromatic heterocycles. The van der Waals surface area contributed by atoms with Gasteiger partial charge in [0.15, 0.2) is 0 Å². The van der Waals surface area contributed by atoms with E-state index in [0.717, 1.165) is 4.68 Å². The summed E-state index contributed by atoms with van der Waals surface area (Å²) < 4.78 is 36.2. The summed E-state index contributed by atoms with van der Waals surface area (Å²) >= 11 is 0. The zero-order chi connectivity index (χ0) is 9.35. The summed E-state index contributed by atoms with van der Waals surface area (Å²) in [6, 6.07) is 1.39. The van der Waals surface area contributed by atoms with Gasteiger partial charge in [0.2, 0.25) is 0 Å². The highest BCUT2D eigenvalue weighted by Crippen LogP contribution is 2.16. The molecule has 0 saturated carbocycles. The van der Waals surface area contributed by atoms with Gasteiger partial charge in [-0.25, -0.2) is 0 Å². The number of hydrogen-bond donors (Lipinski definition) is 0. The van der Waals surface area contributed by atoms with Crippen LogP contribution in [0.3, 0.4) is 0 Å². The molecule has 12 heavy (non-hydrogen) atoms. The van der Waals surface area contributed by atoms with Crippen LogP contribution in [-0.4, -0.2) is 23.8 Å². The van der Waals surface area contributed by atoms with Crippen LogP contribution in [0.15, 0.2) is 6.07 Å². The Morgan fingerprint density at radius 2 is 2.17 bits per heavy atom. The molecule has 0 saturated heterocycles. The monoisotopic (exact) mass is 174 g/mol. The third kappa shape index (κ3) is 2.28. The molecule has 2 radical (unpaired) electrons. The van der Waals surface area contributed by atoms with Crippen LogP contribution in [0.1, 0.15) is 5.69 Å². The molecular weight excluding hydrogens is 168 g/mol. The summed E-state index contributed by atoms with van der Waals surface area (Å²) in [7, 11) is 5.25. The lowest BCUT2D eigenvalue weighted by Crippen LogP contribution is -2.27. The van der Waals surface area contributed by atoms with E-state index < -0.39 is 12.7 Å². The number of aromatic nitrogens is 2. The van der Waals surface area contributed by atoms with Crippen LogP contribution in [0, 0.1) is 6.92 Å². The van der Waals surface area contributed by atoms with E-state index in [9.17, 15) is 13.2 Å². The molecule has 0 fully saturated rings. The summed E-state index contributed by atoms with van der Waals surface area (Å²) in [4.78, 5) is 0. The molecule has 64 valence electrons. The Bertz CT molecular complexity index is 279. The molecule has 1 heterocycles. The van der Waals surface area contributed by atoms with E-state index in [1.54, 1.807) is 6.92 Å². The minimum absolute atomic E-state index is 0.0322. The van der Waals surface area contributed by atoms with Gasteiger partial charge in [-0.2, -0.15) is 18.3 Å². The maximum atomic E-state index is 11.8. The summed E-state index contributed by atoms with van der Waals surface area (Å²) in [6.45, 7) is 0.454. The first-order valence-electron chi connectivity index (χ1n) is 3.25. The lowest BCUT2D eigenvalue weighted by molar-refractivity contribution is -0.142. The molecular formula is C6H6BF3N2. The van der Waals surface area contributed by atoms with Gasteiger partial charge in [-0.15, -0.1) is 0 Å². The smallest absolute Gasteiger partial charge is 0.271 e. The van der Waals surface area contributed by atoms with Crippen LogP contribution in [0.4, 0.5) is 13.2 Å². The maximum absolute atomic E-state index is 11.8. The first-order valence-corrected chi connectivity index (χ1v) is 3.25. The quantitative estimate of drug-likeness (QED) is 0.568. The molecule has 0 aliphatic rings. The van der Waals surface area contributed by atoms with Crippen molar-refractivity contribution in [1.29, 1.82) is 0 Å². The van der Waals surface area contributed by atoms with Crippen LogP contribution >= 0.6 is 0 Å². The molecule has 2 nitrogen and oxygen atoms in total. The fourth-order valence-electron chi connectivity index (χ4n) is 0.862. The number of alkyl halides is 3. The van der Waals surface area contributed by atoms with E-state index in [1.165, 1.54) is 6.07 Å². The Hall–Kier alpha value is -0.935. The normalized spacial score (nSPS) is 12.0. The molecule has 1 rings (SSSR count). The molecule has 1 aromatic rings. The first-order chi connectivity index (χ1) is 5.38. The van der Waals surface area contributed by atoms with Crippen molar-refractivity contribution in [2.45, 2.75) is 19.6 Å². The Kier molecular flexibility index (Phi) is 2.17. The van der Waals surface area contributed by atoms with Crippen molar-refractivity contribution in [3.63, 3.8) is 0 Å². The van der Waals surface area contributed by atoms with Crippen molar-refractivity contribution in [1.82, 2.24) is 9.78 Å². The first kappa shape index (κ1) is 9.16. The summed E-state index contributed by atoms with van der Waals surface area (Å²) in [5, 5.41) is 3.57. The average molecular weight is 174 g/mol. The van der Waals surface area contributed by atoms with Gasteiger partial charge in [-0.3, -0.25) is 4.68 Å². The highest BCUT2D eigenvalue weighted by molar-refractivity contribution is 6.30. The van der Waals surface area contributed by atoms with E-state index in [1.807, 2.05) is 0 Å². The van der Waals surface area contributed by atoms with E-state index in [4.69, 9.17) is 7.85 Å². The van der Waals surface area contributed by atoms with Gasteiger partial charge in [-0.1, -0.05) is 0 Å². The van der Waals surface area contributed by atoms with E-state index in [2.05, 4.69) is 5.10 Å². The van der Waals surface area contributed by atoms with Crippen molar-refractivity contribution in [2.24, 2.45) is 0 Å². The maximum Gasteiger partial charge on any atom is 0.407 e. The SMILES string of the molecule is [B]c1cc(C)nn1CC(F)(F)F. The molecule has 0 unspecified atom stereocenters. The second-order valence-corrected chi connectivity index (χ2v) is 2.48. The second-order valence-electron chi connectivity index (χ2n) is 2.48.